The van der Waals surface area contributed by atoms with E-state index in [9.17, 15) is 9.59 Å². The van der Waals surface area contributed by atoms with Gasteiger partial charge in [-0.2, -0.15) is 0 Å². The number of allylic oxidation sites excluding steroid dienone is 12. The van der Waals surface area contributed by atoms with Crippen LogP contribution in [0.5, 0.6) is 0 Å². The van der Waals surface area contributed by atoms with Gasteiger partial charge >= 0.3 is 0 Å². The summed E-state index contributed by atoms with van der Waals surface area (Å²) in [6.45, 7) is 3.08. The van der Waals surface area contributed by atoms with Crippen LogP contribution in [0.25, 0.3) is 0 Å². The molecule has 0 N–H and O–H groups in total. The molecule has 0 aromatic heterocycles. The van der Waals surface area contributed by atoms with Crippen LogP contribution in [0.3, 0.4) is 0 Å². The summed E-state index contributed by atoms with van der Waals surface area (Å²) in [5.41, 5.74) is 0. The molecule has 0 fully saturated rings. The lowest BCUT2D eigenvalue weighted by Gasteiger charge is -2.17. The summed E-state index contributed by atoms with van der Waals surface area (Å²) in [5.74, 6) is -2.11. The van der Waals surface area contributed by atoms with Gasteiger partial charge in [0.1, 0.15) is 0 Å². The van der Waals surface area contributed by atoms with Crippen molar-refractivity contribution in [2.45, 2.75) is 38.3 Å². The molecule has 0 amide bonds. The van der Waals surface area contributed by atoms with E-state index in [-0.39, 0.29) is 0 Å². The van der Waals surface area contributed by atoms with E-state index in [1.165, 1.54) is 41.3 Å². The quantitative estimate of drug-likeness (QED) is 0.465. The minimum atomic E-state index is -1.06. The SMILES string of the molecule is C1=C/C=C\C=C/C=C1.C1=CCCC=C1.COC(C)(C=O)OC.COC(C)(C=O)OC. The predicted octanol–water partition coefficient (Wildman–Crippen LogP) is 4.51. The first kappa shape index (κ1) is 29.8. The van der Waals surface area contributed by atoms with Crippen molar-refractivity contribution in [3.63, 3.8) is 0 Å². The largest absolute Gasteiger partial charge is 0.347 e. The first-order valence-electron chi connectivity index (χ1n) is 9.48. The summed E-state index contributed by atoms with van der Waals surface area (Å²) < 4.78 is 18.6. The monoisotopic (exact) mass is 420 g/mol. The molecule has 2 aliphatic carbocycles. The second-order valence-electron chi connectivity index (χ2n) is 6.06. The molecule has 2 aliphatic rings. The Labute approximate surface area is 181 Å². The van der Waals surface area contributed by atoms with Crippen molar-refractivity contribution in [3.8, 4) is 0 Å². The molecule has 6 nitrogen and oxygen atoms in total. The van der Waals surface area contributed by atoms with Crippen LogP contribution in [0.4, 0.5) is 0 Å². The molecule has 0 unspecified atom stereocenters. The van der Waals surface area contributed by atoms with E-state index in [1.807, 2.05) is 48.6 Å². The third-order valence-electron chi connectivity index (χ3n) is 3.82. The number of hydrogen-bond donors (Lipinski definition) is 0. The van der Waals surface area contributed by atoms with Crippen LogP contribution < -0.4 is 0 Å². The molecule has 0 saturated heterocycles. The maximum atomic E-state index is 10.0. The van der Waals surface area contributed by atoms with Gasteiger partial charge in [-0.05, 0) is 26.7 Å². The fourth-order valence-corrected chi connectivity index (χ4v) is 1.41. The van der Waals surface area contributed by atoms with Crippen LogP contribution in [-0.4, -0.2) is 52.6 Å². The van der Waals surface area contributed by atoms with Crippen molar-refractivity contribution in [1.29, 1.82) is 0 Å². The van der Waals surface area contributed by atoms with Gasteiger partial charge in [0, 0.05) is 28.4 Å². The van der Waals surface area contributed by atoms with Gasteiger partial charge < -0.3 is 18.9 Å². The van der Waals surface area contributed by atoms with E-state index < -0.39 is 11.6 Å². The molecule has 30 heavy (non-hydrogen) atoms. The standard InChI is InChI=1S/C8H8.C6H8.2C5H10O3/c1-2-4-6-8-7-5-3-1;1-2-4-6-5-3-1;2*1-5(4-6,7-2)8-3/h1-8H;1-4H,5-6H2;2*4H,1-3H3/b2-1-,3-1?,4-2?,5-3-,6-4?,7-5?,8-6?,8-7?;;;. The number of hydrogen-bond acceptors (Lipinski definition) is 6. The number of methoxy groups -OCH3 is 4. The molecule has 0 aliphatic heterocycles. The first-order valence-corrected chi connectivity index (χ1v) is 9.48. The molecule has 168 valence electrons. The predicted molar refractivity (Wildman–Crippen MR) is 121 cm³/mol. The number of aldehydes is 2. The Morgan fingerprint density at radius 2 is 0.767 bits per heavy atom. The number of carbonyl (C=O) groups is 2. The van der Waals surface area contributed by atoms with Gasteiger partial charge in [-0.15, -0.1) is 0 Å². The van der Waals surface area contributed by atoms with Crippen molar-refractivity contribution in [2.24, 2.45) is 0 Å². The Kier molecular flexibility index (Phi) is 19.8. The van der Waals surface area contributed by atoms with Crippen molar-refractivity contribution in [1.82, 2.24) is 0 Å². The normalized spacial score (nSPS) is 16.2. The Morgan fingerprint density at radius 3 is 0.833 bits per heavy atom. The summed E-state index contributed by atoms with van der Waals surface area (Å²) in [6, 6.07) is 0. The summed E-state index contributed by atoms with van der Waals surface area (Å²) >= 11 is 0. The van der Waals surface area contributed by atoms with Gasteiger partial charge in [-0.3, -0.25) is 9.59 Å². The fourth-order valence-electron chi connectivity index (χ4n) is 1.41. The molecule has 0 heterocycles. The highest BCUT2D eigenvalue weighted by Crippen LogP contribution is 2.04. The van der Waals surface area contributed by atoms with Crippen LogP contribution in [0.15, 0.2) is 72.9 Å². The summed E-state index contributed by atoms with van der Waals surface area (Å²) in [4.78, 5) is 20.1. The molecule has 2 rings (SSSR count). The molecule has 6 heteroatoms. The van der Waals surface area contributed by atoms with Crippen LogP contribution in [0.2, 0.25) is 0 Å². The smallest absolute Gasteiger partial charge is 0.222 e. The van der Waals surface area contributed by atoms with Gasteiger partial charge in [-0.25, -0.2) is 0 Å². The Bertz CT molecular complexity index is 513. The van der Waals surface area contributed by atoms with Crippen molar-refractivity contribution < 1.29 is 28.5 Å². The third-order valence-corrected chi connectivity index (χ3v) is 3.82. The lowest BCUT2D eigenvalue weighted by molar-refractivity contribution is -0.186. The molecule has 0 bridgehead atoms. The highest BCUT2D eigenvalue weighted by atomic mass is 16.7. The lowest BCUT2D eigenvalue weighted by Crippen LogP contribution is -2.30. The Hall–Kier alpha value is -2.38. The van der Waals surface area contributed by atoms with E-state index in [2.05, 4.69) is 43.3 Å². The second-order valence-corrected chi connectivity index (χ2v) is 6.06. The molecule has 0 spiro atoms. The molecule has 0 radical (unpaired) electrons. The van der Waals surface area contributed by atoms with Crippen LogP contribution in [-0.2, 0) is 28.5 Å². The molecular formula is C24H36O6. The first-order chi connectivity index (χ1) is 14.4. The van der Waals surface area contributed by atoms with Gasteiger partial charge in [0.05, 0.1) is 0 Å². The van der Waals surface area contributed by atoms with E-state index in [0.29, 0.717) is 12.6 Å². The lowest BCUT2D eigenvalue weighted by atomic mass is 10.2. The minimum Gasteiger partial charge on any atom is -0.347 e. The summed E-state index contributed by atoms with van der Waals surface area (Å²) in [5, 5.41) is 0. The van der Waals surface area contributed by atoms with Crippen LogP contribution in [0, 0.1) is 0 Å². The zero-order chi connectivity index (χ0) is 23.1. The summed E-state index contributed by atoms with van der Waals surface area (Å²) in [6.07, 6.45) is 28.2. The van der Waals surface area contributed by atoms with Crippen molar-refractivity contribution in [3.05, 3.63) is 72.9 Å². The van der Waals surface area contributed by atoms with Crippen LogP contribution >= 0.6 is 0 Å². The van der Waals surface area contributed by atoms with E-state index in [4.69, 9.17) is 0 Å². The maximum absolute atomic E-state index is 10.0. The van der Waals surface area contributed by atoms with Crippen molar-refractivity contribution in [2.75, 3.05) is 28.4 Å². The zero-order valence-corrected chi connectivity index (χ0v) is 18.9. The zero-order valence-electron chi connectivity index (χ0n) is 18.9. The number of carbonyl (C=O) groups excluding carboxylic acids is 2. The molecular weight excluding hydrogens is 384 g/mol. The number of rotatable bonds is 6. The highest BCUT2D eigenvalue weighted by Gasteiger charge is 2.20. The minimum absolute atomic E-state index is 0.604. The molecule has 0 aromatic carbocycles. The molecule has 0 saturated carbocycles. The van der Waals surface area contributed by atoms with Crippen molar-refractivity contribution >= 4 is 12.6 Å². The third kappa shape index (κ3) is 17.7. The Balaban J connectivity index is 0. The summed E-state index contributed by atoms with van der Waals surface area (Å²) in [7, 11) is 5.66. The van der Waals surface area contributed by atoms with E-state index in [1.54, 1.807) is 13.8 Å². The van der Waals surface area contributed by atoms with Gasteiger partial charge in [0.2, 0.25) is 11.6 Å². The highest BCUT2D eigenvalue weighted by molar-refractivity contribution is 5.59. The van der Waals surface area contributed by atoms with Gasteiger partial charge in [-0.1, -0.05) is 72.9 Å². The topological polar surface area (TPSA) is 71.1 Å². The second kappa shape index (κ2) is 19.9. The maximum Gasteiger partial charge on any atom is 0.222 e. The number of ether oxygens (including phenoxy) is 4. The van der Waals surface area contributed by atoms with Crippen LogP contribution in [0.1, 0.15) is 26.7 Å². The fraction of sp³-hybridized carbons (Fsp3) is 0.417. The van der Waals surface area contributed by atoms with Gasteiger partial charge in [0.15, 0.2) is 12.6 Å². The molecule has 0 atom stereocenters. The average molecular weight is 421 g/mol. The average Bonchev–Trinajstić information content (AvgIpc) is 2.80. The van der Waals surface area contributed by atoms with E-state index in [0.717, 1.165) is 0 Å². The molecule has 0 aromatic rings. The van der Waals surface area contributed by atoms with E-state index >= 15 is 0 Å². The Morgan fingerprint density at radius 1 is 0.533 bits per heavy atom. The van der Waals surface area contributed by atoms with Gasteiger partial charge in [0.25, 0.3) is 0 Å².